The normalized spacial score (nSPS) is 11.6. The van der Waals surface area contributed by atoms with Gasteiger partial charge in [0.05, 0.1) is 0 Å². The molecule has 1 rings (SSSR count). The third-order valence-corrected chi connectivity index (χ3v) is 3.54. The van der Waals surface area contributed by atoms with E-state index in [-0.39, 0.29) is 23.7 Å². The molecule has 5 heteroatoms. The van der Waals surface area contributed by atoms with Gasteiger partial charge in [-0.05, 0) is 38.2 Å². The zero-order valence-electron chi connectivity index (χ0n) is 14.5. The van der Waals surface area contributed by atoms with Crippen molar-refractivity contribution < 1.29 is 14.7 Å². The monoisotopic (exact) mass is 308 g/mol. The molecule has 0 aliphatic heterocycles. The van der Waals surface area contributed by atoms with Gasteiger partial charge < -0.3 is 15.0 Å². The number of nitrogens with zero attached hydrogens (tertiary/aromatic N) is 1. The summed E-state index contributed by atoms with van der Waals surface area (Å²) >= 11 is 0. The van der Waals surface area contributed by atoms with Gasteiger partial charge in [0.2, 0.25) is 0 Å². The van der Waals surface area contributed by atoms with Crippen molar-refractivity contribution >= 4 is 11.7 Å². The van der Waals surface area contributed by atoms with Gasteiger partial charge in [0.15, 0.2) is 5.78 Å². The molecule has 0 aliphatic rings. The zero-order valence-corrected chi connectivity index (χ0v) is 14.5. The molecule has 0 atom stereocenters. The van der Waals surface area contributed by atoms with Crippen LogP contribution in [0.4, 0.5) is 0 Å². The van der Waals surface area contributed by atoms with E-state index in [9.17, 15) is 9.59 Å². The molecule has 0 aromatic carbocycles. The molecule has 5 nitrogen and oxygen atoms in total. The van der Waals surface area contributed by atoms with E-state index in [0.717, 1.165) is 5.69 Å². The van der Waals surface area contributed by atoms with Gasteiger partial charge in [0.25, 0.3) is 5.91 Å². The van der Waals surface area contributed by atoms with E-state index in [1.54, 1.807) is 11.8 Å². The number of Topliss-reactive ketones (excluding diaryl/α,β-unsaturated/α-hetero) is 1. The van der Waals surface area contributed by atoms with Crippen LogP contribution in [0, 0.1) is 19.3 Å². The maximum Gasteiger partial charge on any atom is 0.270 e. The highest BCUT2D eigenvalue weighted by Crippen LogP contribution is 2.22. The summed E-state index contributed by atoms with van der Waals surface area (Å²) in [5.74, 6) is -0.153. The Balaban J connectivity index is 3.13. The SMILES string of the molecule is CC(=O)c1c(C)[nH]c(C(=O)N(CCCO)CC(C)(C)C)c1C. The van der Waals surface area contributed by atoms with Crippen LogP contribution in [0.5, 0.6) is 0 Å². The van der Waals surface area contributed by atoms with Gasteiger partial charge in [-0.25, -0.2) is 0 Å². The van der Waals surface area contributed by atoms with Crippen molar-refractivity contribution in [1.29, 1.82) is 0 Å². The largest absolute Gasteiger partial charge is 0.396 e. The molecule has 0 saturated heterocycles. The van der Waals surface area contributed by atoms with Gasteiger partial charge >= 0.3 is 0 Å². The van der Waals surface area contributed by atoms with Crippen molar-refractivity contribution in [1.82, 2.24) is 9.88 Å². The number of aromatic nitrogens is 1. The molecule has 0 aliphatic carbocycles. The summed E-state index contributed by atoms with van der Waals surface area (Å²) < 4.78 is 0. The molecule has 1 aromatic rings. The van der Waals surface area contributed by atoms with Gasteiger partial charge in [0, 0.05) is 31.0 Å². The Hall–Kier alpha value is -1.62. The Labute approximate surface area is 132 Å². The molecule has 0 bridgehead atoms. The van der Waals surface area contributed by atoms with Crippen LogP contribution in [-0.4, -0.2) is 46.4 Å². The summed E-state index contributed by atoms with van der Waals surface area (Å²) in [5.41, 5.74) is 2.47. The molecule has 0 fully saturated rings. The van der Waals surface area contributed by atoms with Crippen LogP contribution >= 0.6 is 0 Å². The standard InChI is InChI=1S/C17H28N2O3/c1-11-14(13(3)21)12(2)18-15(11)16(22)19(8-7-9-20)10-17(4,5)6/h18,20H,7-10H2,1-6H3. The second-order valence-corrected chi connectivity index (χ2v) is 7.05. The quantitative estimate of drug-likeness (QED) is 0.794. The lowest BCUT2D eigenvalue weighted by molar-refractivity contribution is 0.0676. The van der Waals surface area contributed by atoms with Crippen LogP contribution in [0.25, 0.3) is 0 Å². The molecule has 0 spiro atoms. The third-order valence-electron chi connectivity index (χ3n) is 3.54. The summed E-state index contributed by atoms with van der Waals surface area (Å²) in [5, 5.41) is 9.05. The van der Waals surface area contributed by atoms with E-state index in [1.807, 2.05) is 6.92 Å². The molecule has 124 valence electrons. The molecule has 22 heavy (non-hydrogen) atoms. The highest BCUT2D eigenvalue weighted by molar-refractivity contribution is 6.02. The second kappa shape index (κ2) is 7.09. The maximum atomic E-state index is 12.8. The lowest BCUT2D eigenvalue weighted by Gasteiger charge is -2.30. The predicted molar refractivity (Wildman–Crippen MR) is 87.3 cm³/mol. The first-order chi connectivity index (χ1) is 10.1. The minimum absolute atomic E-state index is 0.0376. The van der Waals surface area contributed by atoms with Crippen LogP contribution in [-0.2, 0) is 0 Å². The predicted octanol–water partition coefficient (Wildman–Crippen LogP) is 2.70. The minimum atomic E-state index is -0.114. The number of ketones is 1. The Morgan fingerprint density at radius 3 is 2.23 bits per heavy atom. The number of H-pyrrole nitrogens is 1. The minimum Gasteiger partial charge on any atom is -0.396 e. The molecule has 1 amide bonds. The first-order valence-corrected chi connectivity index (χ1v) is 7.68. The molecule has 0 unspecified atom stereocenters. The van der Waals surface area contributed by atoms with Crippen LogP contribution in [0.3, 0.4) is 0 Å². The first-order valence-electron chi connectivity index (χ1n) is 7.68. The van der Waals surface area contributed by atoms with Crippen LogP contribution in [0.15, 0.2) is 0 Å². The fraction of sp³-hybridized carbons (Fsp3) is 0.647. The fourth-order valence-electron chi connectivity index (χ4n) is 2.74. The number of aromatic amines is 1. The van der Waals surface area contributed by atoms with Crippen LogP contribution in [0.1, 0.15) is 66.2 Å². The average molecular weight is 308 g/mol. The van der Waals surface area contributed by atoms with E-state index in [1.165, 1.54) is 6.92 Å². The van der Waals surface area contributed by atoms with E-state index < -0.39 is 0 Å². The molecule has 1 heterocycles. The Morgan fingerprint density at radius 2 is 1.82 bits per heavy atom. The van der Waals surface area contributed by atoms with Gasteiger partial charge in [-0.2, -0.15) is 0 Å². The fourth-order valence-corrected chi connectivity index (χ4v) is 2.74. The smallest absolute Gasteiger partial charge is 0.270 e. The van der Waals surface area contributed by atoms with Crippen molar-refractivity contribution in [3.8, 4) is 0 Å². The van der Waals surface area contributed by atoms with Crippen molar-refractivity contribution in [3.05, 3.63) is 22.5 Å². The Bertz CT molecular complexity index is 553. The van der Waals surface area contributed by atoms with Gasteiger partial charge in [-0.15, -0.1) is 0 Å². The molecular weight excluding hydrogens is 280 g/mol. The summed E-state index contributed by atoms with van der Waals surface area (Å²) in [7, 11) is 0. The topological polar surface area (TPSA) is 73.4 Å². The number of hydrogen-bond donors (Lipinski definition) is 2. The van der Waals surface area contributed by atoms with E-state index in [4.69, 9.17) is 5.11 Å². The van der Waals surface area contributed by atoms with E-state index in [2.05, 4.69) is 25.8 Å². The second-order valence-electron chi connectivity index (χ2n) is 7.05. The highest BCUT2D eigenvalue weighted by Gasteiger charge is 2.26. The van der Waals surface area contributed by atoms with Crippen molar-refractivity contribution in [2.24, 2.45) is 5.41 Å². The van der Waals surface area contributed by atoms with E-state index in [0.29, 0.717) is 36.3 Å². The first kappa shape index (κ1) is 18.4. The van der Waals surface area contributed by atoms with Crippen LogP contribution < -0.4 is 0 Å². The number of aliphatic hydroxyl groups excluding tert-OH is 1. The number of amides is 1. The van der Waals surface area contributed by atoms with E-state index >= 15 is 0 Å². The third kappa shape index (κ3) is 4.44. The summed E-state index contributed by atoms with van der Waals surface area (Å²) in [6, 6.07) is 0. The van der Waals surface area contributed by atoms with Crippen molar-refractivity contribution in [3.63, 3.8) is 0 Å². The summed E-state index contributed by atoms with van der Waals surface area (Å²) in [4.78, 5) is 29.4. The number of carbonyl (C=O) groups is 2. The number of aliphatic hydroxyl groups is 1. The summed E-state index contributed by atoms with van der Waals surface area (Å²) in [6.45, 7) is 12.5. The Kier molecular flexibility index (Phi) is 5.94. The maximum absolute atomic E-state index is 12.8. The molecule has 0 saturated carbocycles. The van der Waals surface area contributed by atoms with Crippen LogP contribution in [0.2, 0.25) is 0 Å². The highest BCUT2D eigenvalue weighted by atomic mass is 16.3. The number of nitrogens with one attached hydrogen (secondary N) is 1. The zero-order chi connectivity index (χ0) is 17.1. The number of hydrogen-bond acceptors (Lipinski definition) is 3. The number of carbonyl (C=O) groups excluding carboxylic acids is 2. The average Bonchev–Trinajstić information content (AvgIpc) is 2.67. The summed E-state index contributed by atoms with van der Waals surface area (Å²) in [6.07, 6.45) is 0.542. The van der Waals surface area contributed by atoms with Gasteiger partial charge in [-0.3, -0.25) is 9.59 Å². The Morgan fingerprint density at radius 1 is 1.23 bits per heavy atom. The lowest BCUT2D eigenvalue weighted by Crippen LogP contribution is -2.39. The van der Waals surface area contributed by atoms with Gasteiger partial charge in [-0.1, -0.05) is 20.8 Å². The lowest BCUT2D eigenvalue weighted by atomic mass is 9.95. The van der Waals surface area contributed by atoms with Gasteiger partial charge in [0.1, 0.15) is 5.69 Å². The molecule has 0 radical (unpaired) electrons. The molecule has 2 N–H and O–H groups in total. The van der Waals surface area contributed by atoms with Crippen molar-refractivity contribution in [2.45, 2.75) is 48.0 Å². The number of rotatable bonds is 6. The molecule has 1 aromatic heterocycles. The molecular formula is C17H28N2O3. The van der Waals surface area contributed by atoms with Crippen molar-refractivity contribution in [2.75, 3.05) is 19.7 Å². The number of aryl methyl sites for hydroxylation is 1.